The third-order valence-corrected chi connectivity index (χ3v) is 7.52. The van der Waals surface area contributed by atoms with Crippen molar-refractivity contribution < 1.29 is 27.5 Å². The molecule has 8 nitrogen and oxygen atoms in total. The lowest BCUT2D eigenvalue weighted by Gasteiger charge is -2.34. The first-order valence-electron chi connectivity index (χ1n) is 10.7. The van der Waals surface area contributed by atoms with E-state index in [0.29, 0.717) is 43.4 Å². The van der Waals surface area contributed by atoms with Gasteiger partial charge in [-0.3, -0.25) is 9.59 Å². The van der Waals surface area contributed by atoms with Crippen molar-refractivity contribution in [2.75, 3.05) is 39.4 Å². The van der Waals surface area contributed by atoms with Crippen molar-refractivity contribution >= 4 is 21.7 Å². The molecule has 0 spiro atoms. The van der Waals surface area contributed by atoms with Gasteiger partial charge in [-0.2, -0.15) is 4.31 Å². The first kappa shape index (κ1) is 22.3. The summed E-state index contributed by atoms with van der Waals surface area (Å²) in [6.07, 6.45) is 0.950. The maximum Gasteiger partial charge on any atom is 0.243 e. The van der Waals surface area contributed by atoms with Crippen molar-refractivity contribution in [1.82, 2.24) is 9.21 Å². The van der Waals surface area contributed by atoms with Crippen molar-refractivity contribution in [3.63, 3.8) is 0 Å². The van der Waals surface area contributed by atoms with Gasteiger partial charge in [-0.15, -0.1) is 0 Å². The number of amides is 1. The summed E-state index contributed by atoms with van der Waals surface area (Å²) in [6.45, 7) is 2.20. The van der Waals surface area contributed by atoms with Crippen LogP contribution in [0.4, 0.5) is 0 Å². The zero-order valence-corrected chi connectivity index (χ0v) is 18.6. The summed E-state index contributed by atoms with van der Waals surface area (Å²) in [5.41, 5.74) is 0.487. The summed E-state index contributed by atoms with van der Waals surface area (Å²) >= 11 is 0. The molecule has 2 aliphatic heterocycles. The normalized spacial score (nSPS) is 16.9. The highest BCUT2D eigenvalue weighted by atomic mass is 32.2. The molecule has 0 N–H and O–H groups in total. The molecule has 4 rings (SSSR count). The SMILES string of the molecule is O=C(CCC(=O)N1CCN(S(=O)(=O)c2ccccc2)CC1)c1ccc2c(c1)OCCCO2. The fraction of sp³-hybridized carbons (Fsp3) is 0.391. The van der Waals surface area contributed by atoms with E-state index in [0.717, 1.165) is 6.42 Å². The molecule has 9 heteroatoms. The Morgan fingerprint density at radius 2 is 1.53 bits per heavy atom. The van der Waals surface area contributed by atoms with Crippen LogP contribution in [0.15, 0.2) is 53.4 Å². The number of rotatable bonds is 6. The van der Waals surface area contributed by atoms with Gasteiger partial charge < -0.3 is 14.4 Å². The topological polar surface area (TPSA) is 93.2 Å². The minimum absolute atomic E-state index is 0.0821. The molecule has 1 amide bonds. The molecule has 32 heavy (non-hydrogen) atoms. The fourth-order valence-electron chi connectivity index (χ4n) is 3.78. The lowest BCUT2D eigenvalue weighted by molar-refractivity contribution is -0.132. The number of carbonyl (C=O) groups is 2. The van der Waals surface area contributed by atoms with E-state index in [-0.39, 0.29) is 42.5 Å². The molecule has 2 aromatic carbocycles. The Kier molecular flexibility index (Phi) is 6.76. The number of Topliss-reactive ketones (excluding diaryl/α,β-unsaturated/α-hetero) is 1. The van der Waals surface area contributed by atoms with Crippen molar-refractivity contribution in [3.8, 4) is 11.5 Å². The van der Waals surface area contributed by atoms with Crippen molar-refractivity contribution in [2.45, 2.75) is 24.2 Å². The molecule has 1 fully saturated rings. The maximum absolute atomic E-state index is 12.7. The standard InChI is InChI=1S/C23H26N2O6S/c26-20(18-7-9-21-22(17-18)31-16-4-15-30-21)8-10-23(27)24-11-13-25(14-12-24)32(28,29)19-5-2-1-3-6-19/h1-3,5-7,9,17H,4,8,10-16H2. The van der Waals surface area contributed by atoms with Gasteiger partial charge in [0, 0.05) is 51.0 Å². The summed E-state index contributed by atoms with van der Waals surface area (Å²) in [5.74, 6) is 0.887. The third-order valence-electron chi connectivity index (χ3n) is 5.61. The highest BCUT2D eigenvalue weighted by molar-refractivity contribution is 7.89. The Hall–Kier alpha value is -2.91. The molecule has 0 saturated carbocycles. The first-order valence-corrected chi connectivity index (χ1v) is 12.1. The molecular formula is C23H26N2O6S. The van der Waals surface area contributed by atoms with Gasteiger partial charge in [-0.05, 0) is 30.3 Å². The number of benzene rings is 2. The third kappa shape index (κ3) is 4.94. The largest absolute Gasteiger partial charge is 0.490 e. The van der Waals surface area contributed by atoms with Gasteiger partial charge >= 0.3 is 0 Å². The summed E-state index contributed by atoms with van der Waals surface area (Å²) in [5, 5.41) is 0. The van der Waals surface area contributed by atoms with Gasteiger partial charge in [0.05, 0.1) is 18.1 Å². The molecule has 170 valence electrons. The lowest BCUT2D eigenvalue weighted by atomic mass is 10.1. The molecule has 0 aliphatic carbocycles. The van der Waals surface area contributed by atoms with E-state index in [9.17, 15) is 18.0 Å². The number of ether oxygens (including phenoxy) is 2. The fourth-order valence-corrected chi connectivity index (χ4v) is 5.22. The number of ketones is 1. The lowest BCUT2D eigenvalue weighted by Crippen LogP contribution is -2.50. The molecule has 0 bridgehead atoms. The second kappa shape index (κ2) is 9.70. The van der Waals surface area contributed by atoms with Gasteiger partial charge in [0.2, 0.25) is 15.9 Å². The Bertz CT molecular complexity index is 1080. The number of piperazine rings is 1. The van der Waals surface area contributed by atoms with Gasteiger partial charge in [-0.1, -0.05) is 18.2 Å². The minimum Gasteiger partial charge on any atom is -0.490 e. The van der Waals surface area contributed by atoms with Crippen LogP contribution in [-0.4, -0.2) is 68.7 Å². The summed E-state index contributed by atoms with van der Waals surface area (Å²) in [7, 11) is -3.56. The van der Waals surface area contributed by atoms with Crippen LogP contribution in [0, 0.1) is 0 Å². The summed E-state index contributed by atoms with van der Waals surface area (Å²) < 4.78 is 38.0. The number of sulfonamides is 1. The Labute approximate surface area is 187 Å². The number of nitrogens with zero attached hydrogens (tertiary/aromatic N) is 2. The zero-order chi connectivity index (χ0) is 22.6. The molecule has 0 atom stereocenters. The van der Waals surface area contributed by atoms with E-state index in [1.807, 2.05) is 0 Å². The second-order valence-corrected chi connectivity index (χ2v) is 9.67. The molecule has 0 radical (unpaired) electrons. The van der Waals surface area contributed by atoms with Crippen LogP contribution in [0.25, 0.3) is 0 Å². The van der Waals surface area contributed by atoms with Gasteiger partial charge in [0.15, 0.2) is 17.3 Å². The highest BCUT2D eigenvalue weighted by Crippen LogP contribution is 2.31. The Morgan fingerprint density at radius 3 is 2.25 bits per heavy atom. The summed E-state index contributed by atoms with van der Waals surface area (Å²) in [4.78, 5) is 27.1. The van der Waals surface area contributed by atoms with Crippen molar-refractivity contribution in [2.24, 2.45) is 0 Å². The second-order valence-electron chi connectivity index (χ2n) is 7.73. The van der Waals surface area contributed by atoms with E-state index in [2.05, 4.69) is 0 Å². The molecule has 1 saturated heterocycles. The number of hydrogen-bond donors (Lipinski definition) is 0. The number of carbonyl (C=O) groups excluding carboxylic acids is 2. The average molecular weight is 459 g/mol. The Morgan fingerprint density at radius 1 is 0.844 bits per heavy atom. The van der Waals surface area contributed by atoms with Crippen LogP contribution in [0.1, 0.15) is 29.6 Å². The van der Waals surface area contributed by atoms with E-state index < -0.39 is 10.0 Å². The van der Waals surface area contributed by atoms with Gasteiger partial charge in [-0.25, -0.2) is 8.42 Å². The van der Waals surface area contributed by atoms with E-state index in [4.69, 9.17) is 9.47 Å². The zero-order valence-electron chi connectivity index (χ0n) is 17.7. The maximum atomic E-state index is 12.7. The number of hydrogen-bond acceptors (Lipinski definition) is 6. The average Bonchev–Trinajstić information content (AvgIpc) is 3.08. The monoisotopic (exact) mass is 458 g/mol. The van der Waals surface area contributed by atoms with Crippen LogP contribution in [0.3, 0.4) is 0 Å². The van der Waals surface area contributed by atoms with E-state index >= 15 is 0 Å². The van der Waals surface area contributed by atoms with E-state index in [1.54, 1.807) is 53.4 Å². The van der Waals surface area contributed by atoms with E-state index in [1.165, 1.54) is 4.31 Å². The Balaban J connectivity index is 1.29. The molecular weight excluding hydrogens is 432 g/mol. The van der Waals surface area contributed by atoms with Crippen molar-refractivity contribution in [1.29, 1.82) is 0 Å². The summed E-state index contributed by atoms with van der Waals surface area (Å²) in [6, 6.07) is 13.4. The van der Waals surface area contributed by atoms with Crippen LogP contribution >= 0.6 is 0 Å². The van der Waals surface area contributed by atoms with Crippen LogP contribution < -0.4 is 9.47 Å². The van der Waals surface area contributed by atoms with Gasteiger partial charge in [0.1, 0.15) is 0 Å². The molecule has 2 heterocycles. The first-order chi connectivity index (χ1) is 15.4. The minimum atomic E-state index is -3.56. The predicted molar refractivity (Wildman–Crippen MR) is 117 cm³/mol. The molecule has 0 aromatic heterocycles. The quantitative estimate of drug-likeness (QED) is 0.617. The molecule has 2 aliphatic rings. The van der Waals surface area contributed by atoms with Gasteiger partial charge in [0.25, 0.3) is 0 Å². The van der Waals surface area contributed by atoms with Crippen molar-refractivity contribution in [3.05, 3.63) is 54.1 Å². The smallest absolute Gasteiger partial charge is 0.243 e. The molecule has 0 unspecified atom stereocenters. The highest BCUT2D eigenvalue weighted by Gasteiger charge is 2.30. The van der Waals surface area contributed by atoms with Crippen LogP contribution in [0.5, 0.6) is 11.5 Å². The molecule has 2 aromatic rings. The number of fused-ring (bicyclic) bond motifs is 1. The van der Waals surface area contributed by atoms with Crippen LogP contribution in [0.2, 0.25) is 0 Å². The van der Waals surface area contributed by atoms with Crippen LogP contribution in [-0.2, 0) is 14.8 Å². The predicted octanol–water partition coefficient (Wildman–Crippen LogP) is 2.34.